The van der Waals surface area contributed by atoms with Crippen molar-refractivity contribution in [3.05, 3.63) is 34.3 Å². The summed E-state index contributed by atoms with van der Waals surface area (Å²) in [6.45, 7) is 2.03. The number of benzene rings is 1. The van der Waals surface area contributed by atoms with E-state index in [0.29, 0.717) is 12.3 Å². The molecule has 0 radical (unpaired) electrons. The molecule has 2 nitrogen and oxygen atoms in total. The van der Waals surface area contributed by atoms with Gasteiger partial charge < -0.3 is 5.73 Å². The normalized spacial score (nSPS) is 12.4. The third kappa shape index (κ3) is 3.92. The van der Waals surface area contributed by atoms with Gasteiger partial charge in [-0.1, -0.05) is 35.0 Å². The van der Waals surface area contributed by atoms with Gasteiger partial charge in [0.15, 0.2) is 0 Å². The number of halogens is 1. The van der Waals surface area contributed by atoms with Gasteiger partial charge in [-0.15, -0.1) is 0 Å². The van der Waals surface area contributed by atoms with Crippen LogP contribution in [0.1, 0.15) is 18.9 Å². The van der Waals surface area contributed by atoms with Crippen molar-refractivity contribution in [1.29, 1.82) is 0 Å². The van der Waals surface area contributed by atoms with Crippen molar-refractivity contribution in [2.45, 2.75) is 19.8 Å². The molecule has 0 fully saturated rings. The molecule has 0 spiro atoms. The fourth-order valence-corrected chi connectivity index (χ4v) is 1.70. The molecule has 14 heavy (non-hydrogen) atoms. The summed E-state index contributed by atoms with van der Waals surface area (Å²) in [7, 11) is 0. The van der Waals surface area contributed by atoms with Gasteiger partial charge in [-0.3, -0.25) is 4.79 Å². The van der Waals surface area contributed by atoms with Gasteiger partial charge in [0.25, 0.3) is 0 Å². The van der Waals surface area contributed by atoms with Gasteiger partial charge in [-0.25, -0.2) is 0 Å². The van der Waals surface area contributed by atoms with E-state index in [1.165, 1.54) is 5.56 Å². The lowest BCUT2D eigenvalue weighted by Gasteiger charge is -2.08. The van der Waals surface area contributed by atoms with E-state index in [4.69, 9.17) is 5.73 Å². The number of amides is 1. The lowest BCUT2D eigenvalue weighted by Crippen LogP contribution is -2.15. The van der Waals surface area contributed by atoms with Crippen molar-refractivity contribution in [3.63, 3.8) is 0 Å². The summed E-state index contributed by atoms with van der Waals surface area (Å²) in [5.74, 6) is 0.0864. The maximum atomic E-state index is 10.7. The van der Waals surface area contributed by atoms with Crippen LogP contribution in [0.5, 0.6) is 0 Å². The summed E-state index contributed by atoms with van der Waals surface area (Å²) in [5, 5.41) is 0. The summed E-state index contributed by atoms with van der Waals surface area (Å²) in [5.41, 5.74) is 6.36. The molecule has 3 heteroatoms. The van der Waals surface area contributed by atoms with Crippen molar-refractivity contribution < 1.29 is 4.79 Å². The first-order valence-electron chi connectivity index (χ1n) is 4.60. The third-order valence-electron chi connectivity index (χ3n) is 2.05. The number of carbonyl (C=O) groups excluding carboxylic acids is 1. The van der Waals surface area contributed by atoms with Crippen molar-refractivity contribution in [3.8, 4) is 0 Å². The highest BCUT2D eigenvalue weighted by Gasteiger charge is 2.06. The zero-order valence-corrected chi connectivity index (χ0v) is 9.75. The van der Waals surface area contributed by atoms with E-state index in [9.17, 15) is 4.79 Å². The van der Waals surface area contributed by atoms with Crippen molar-refractivity contribution in [1.82, 2.24) is 0 Å². The van der Waals surface area contributed by atoms with E-state index < -0.39 is 0 Å². The van der Waals surface area contributed by atoms with E-state index in [1.54, 1.807) is 0 Å². The van der Waals surface area contributed by atoms with Crippen LogP contribution in [0, 0.1) is 5.92 Å². The molecule has 0 bridgehead atoms. The molecule has 1 rings (SSSR count). The maximum Gasteiger partial charge on any atom is 0.217 e. The number of primary amides is 1. The van der Waals surface area contributed by atoms with Crippen LogP contribution in [0.4, 0.5) is 0 Å². The molecular weight excluding hydrogens is 242 g/mol. The predicted octanol–water partition coefficient (Wildman–Crippen LogP) is 2.50. The summed E-state index contributed by atoms with van der Waals surface area (Å²) >= 11 is 3.38. The largest absolute Gasteiger partial charge is 0.370 e. The Morgan fingerprint density at radius 2 is 2.00 bits per heavy atom. The number of rotatable bonds is 4. The molecule has 2 N–H and O–H groups in total. The molecule has 0 aliphatic heterocycles. The highest BCUT2D eigenvalue weighted by Crippen LogP contribution is 2.15. The average Bonchev–Trinajstić information content (AvgIpc) is 2.07. The fourth-order valence-electron chi connectivity index (χ4n) is 1.44. The second kappa shape index (κ2) is 5.15. The van der Waals surface area contributed by atoms with Crippen LogP contribution in [-0.4, -0.2) is 5.91 Å². The standard InChI is InChI=1S/C11H14BrNO/c1-8(7-11(13)14)6-9-2-4-10(12)5-3-9/h2-5,8H,6-7H2,1H3,(H2,13,14). The van der Waals surface area contributed by atoms with Crippen LogP contribution in [-0.2, 0) is 11.2 Å². The van der Waals surface area contributed by atoms with E-state index in [-0.39, 0.29) is 5.91 Å². The first-order valence-corrected chi connectivity index (χ1v) is 5.40. The number of nitrogens with two attached hydrogens (primary N) is 1. The van der Waals surface area contributed by atoms with Gasteiger partial charge in [0, 0.05) is 10.9 Å². The second-order valence-electron chi connectivity index (χ2n) is 3.61. The average molecular weight is 256 g/mol. The molecule has 76 valence electrons. The molecule has 0 saturated heterocycles. The molecule has 1 atom stereocenters. The van der Waals surface area contributed by atoms with Gasteiger partial charge in [0.2, 0.25) is 5.91 Å². The second-order valence-corrected chi connectivity index (χ2v) is 4.52. The van der Waals surface area contributed by atoms with Gasteiger partial charge >= 0.3 is 0 Å². The van der Waals surface area contributed by atoms with Crippen LogP contribution < -0.4 is 5.73 Å². The number of hydrogen-bond acceptors (Lipinski definition) is 1. The number of hydrogen-bond donors (Lipinski definition) is 1. The van der Waals surface area contributed by atoms with Gasteiger partial charge in [-0.2, -0.15) is 0 Å². The minimum absolute atomic E-state index is 0.227. The topological polar surface area (TPSA) is 43.1 Å². The minimum Gasteiger partial charge on any atom is -0.370 e. The Bertz CT molecular complexity index is 308. The van der Waals surface area contributed by atoms with E-state index >= 15 is 0 Å². The van der Waals surface area contributed by atoms with Crippen molar-refractivity contribution in [2.24, 2.45) is 11.7 Å². The molecule has 0 heterocycles. The smallest absolute Gasteiger partial charge is 0.217 e. The summed E-state index contributed by atoms with van der Waals surface area (Å²) in [6.07, 6.45) is 1.35. The monoisotopic (exact) mass is 255 g/mol. The molecular formula is C11H14BrNO. The van der Waals surface area contributed by atoms with E-state index in [2.05, 4.69) is 28.1 Å². The maximum absolute atomic E-state index is 10.7. The summed E-state index contributed by atoms with van der Waals surface area (Å²) in [6, 6.07) is 8.13. The molecule has 0 aliphatic carbocycles. The molecule has 0 aliphatic rings. The lowest BCUT2D eigenvalue weighted by atomic mass is 9.98. The minimum atomic E-state index is -0.227. The molecule has 1 unspecified atom stereocenters. The van der Waals surface area contributed by atoms with Gasteiger partial charge in [0.05, 0.1) is 0 Å². The van der Waals surface area contributed by atoms with Crippen LogP contribution in [0.15, 0.2) is 28.7 Å². The fraction of sp³-hybridized carbons (Fsp3) is 0.364. The molecule has 1 aromatic carbocycles. The summed E-state index contributed by atoms with van der Waals surface area (Å²) < 4.78 is 1.07. The first kappa shape index (κ1) is 11.2. The number of carbonyl (C=O) groups is 1. The molecule has 1 amide bonds. The summed E-state index contributed by atoms with van der Waals surface area (Å²) in [4.78, 5) is 10.7. The Hall–Kier alpha value is -0.830. The molecule has 0 aromatic heterocycles. The van der Waals surface area contributed by atoms with Crippen LogP contribution in [0.3, 0.4) is 0 Å². The Morgan fingerprint density at radius 3 is 2.50 bits per heavy atom. The Labute approximate surface area is 92.6 Å². The zero-order chi connectivity index (χ0) is 10.6. The lowest BCUT2D eigenvalue weighted by molar-refractivity contribution is -0.118. The van der Waals surface area contributed by atoms with Gasteiger partial charge in [-0.05, 0) is 30.0 Å². The van der Waals surface area contributed by atoms with Crippen molar-refractivity contribution >= 4 is 21.8 Å². The Morgan fingerprint density at radius 1 is 1.43 bits per heavy atom. The van der Waals surface area contributed by atoms with Crippen LogP contribution in [0.2, 0.25) is 0 Å². The molecule has 1 aromatic rings. The first-order chi connectivity index (χ1) is 6.58. The van der Waals surface area contributed by atoms with E-state index in [0.717, 1.165) is 10.9 Å². The van der Waals surface area contributed by atoms with E-state index in [1.807, 2.05) is 19.1 Å². The SMILES string of the molecule is CC(CC(N)=O)Cc1ccc(Br)cc1. The zero-order valence-electron chi connectivity index (χ0n) is 8.16. The predicted molar refractivity (Wildman–Crippen MR) is 60.8 cm³/mol. The highest BCUT2D eigenvalue weighted by atomic mass is 79.9. The quantitative estimate of drug-likeness (QED) is 0.883. The third-order valence-corrected chi connectivity index (χ3v) is 2.58. The highest BCUT2D eigenvalue weighted by molar-refractivity contribution is 9.10. The van der Waals surface area contributed by atoms with Gasteiger partial charge in [0.1, 0.15) is 0 Å². The molecule has 0 saturated carbocycles. The van der Waals surface area contributed by atoms with Crippen molar-refractivity contribution in [2.75, 3.05) is 0 Å². The van der Waals surface area contributed by atoms with Crippen LogP contribution >= 0.6 is 15.9 Å². The Kier molecular flexibility index (Phi) is 4.14. The van der Waals surface area contributed by atoms with Crippen LogP contribution in [0.25, 0.3) is 0 Å². The Balaban J connectivity index is 2.51.